The lowest BCUT2D eigenvalue weighted by Gasteiger charge is -2.19. The number of urea groups is 1. The quantitative estimate of drug-likeness (QED) is 0.679. The summed E-state index contributed by atoms with van der Waals surface area (Å²) in [6, 6.07) is -0.349. The molecule has 1 N–H and O–H groups in total. The SMILES string of the molecule is CC1(C)C=CC=CC(N2CC(=O)NC2=O)=C1. The number of nitrogens with zero attached hydrogens (tertiary/aromatic N) is 1. The van der Waals surface area contributed by atoms with Crippen LogP contribution in [0.1, 0.15) is 13.8 Å². The second kappa shape index (κ2) is 3.63. The maximum Gasteiger partial charge on any atom is 0.329 e. The summed E-state index contributed by atoms with van der Waals surface area (Å²) in [5.41, 5.74) is 0.642. The van der Waals surface area contributed by atoms with Gasteiger partial charge in [0.1, 0.15) is 6.54 Å². The molecule has 0 radical (unpaired) electrons. The molecule has 0 aromatic heterocycles. The normalized spacial score (nSPS) is 23.1. The van der Waals surface area contributed by atoms with E-state index in [4.69, 9.17) is 0 Å². The molecule has 84 valence electrons. The maximum atomic E-state index is 11.5. The fourth-order valence-corrected chi connectivity index (χ4v) is 1.75. The Hall–Kier alpha value is -1.84. The van der Waals surface area contributed by atoms with Crippen molar-refractivity contribution < 1.29 is 9.59 Å². The molecular formula is C12H14N2O2. The first kappa shape index (κ1) is 10.7. The molecule has 0 saturated carbocycles. The van der Waals surface area contributed by atoms with Gasteiger partial charge in [-0.3, -0.25) is 15.0 Å². The third-order valence-corrected chi connectivity index (χ3v) is 2.53. The molecule has 1 aliphatic heterocycles. The third-order valence-electron chi connectivity index (χ3n) is 2.53. The van der Waals surface area contributed by atoms with E-state index in [0.717, 1.165) is 5.70 Å². The second-order valence-electron chi connectivity index (χ2n) is 4.55. The number of allylic oxidation sites excluding steroid dienone is 5. The molecule has 1 heterocycles. The van der Waals surface area contributed by atoms with Crippen LogP contribution in [0.25, 0.3) is 0 Å². The summed E-state index contributed by atoms with van der Waals surface area (Å²) in [5.74, 6) is -0.255. The predicted molar refractivity (Wildman–Crippen MR) is 60.4 cm³/mol. The summed E-state index contributed by atoms with van der Waals surface area (Å²) in [5, 5.41) is 2.26. The van der Waals surface area contributed by atoms with Crippen molar-refractivity contribution in [3.05, 3.63) is 36.1 Å². The fourth-order valence-electron chi connectivity index (χ4n) is 1.75. The van der Waals surface area contributed by atoms with Crippen LogP contribution in [-0.4, -0.2) is 23.4 Å². The molecule has 1 aliphatic carbocycles. The Labute approximate surface area is 94.3 Å². The number of hydrogen-bond acceptors (Lipinski definition) is 2. The van der Waals surface area contributed by atoms with Gasteiger partial charge < -0.3 is 0 Å². The molecule has 0 aromatic carbocycles. The van der Waals surface area contributed by atoms with Gasteiger partial charge >= 0.3 is 6.03 Å². The number of carbonyl (C=O) groups is 2. The Balaban J connectivity index is 2.31. The van der Waals surface area contributed by atoms with Crippen LogP contribution in [-0.2, 0) is 4.79 Å². The lowest BCUT2D eigenvalue weighted by Crippen LogP contribution is -2.27. The minimum atomic E-state index is -0.349. The van der Waals surface area contributed by atoms with Crippen molar-refractivity contribution in [1.29, 1.82) is 0 Å². The molecule has 3 amide bonds. The van der Waals surface area contributed by atoms with E-state index in [2.05, 4.69) is 5.32 Å². The lowest BCUT2D eigenvalue weighted by atomic mass is 9.92. The highest BCUT2D eigenvalue weighted by atomic mass is 16.2. The van der Waals surface area contributed by atoms with Crippen LogP contribution >= 0.6 is 0 Å². The van der Waals surface area contributed by atoms with Gasteiger partial charge in [-0.15, -0.1) is 0 Å². The molecule has 0 aromatic rings. The van der Waals surface area contributed by atoms with Gasteiger partial charge in [-0.25, -0.2) is 4.79 Å². The van der Waals surface area contributed by atoms with Gasteiger partial charge in [-0.05, 0) is 6.08 Å². The smallest absolute Gasteiger partial charge is 0.285 e. The highest BCUT2D eigenvalue weighted by molar-refractivity contribution is 6.03. The minimum absolute atomic E-state index is 0.102. The van der Waals surface area contributed by atoms with Gasteiger partial charge in [-0.2, -0.15) is 0 Å². The van der Waals surface area contributed by atoms with Crippen molar-refractivity contribution in [2.45, 2.75) is 13.8 Å². The second-order valence-corrected chi connectivity index (χ2v) is 4.55. The largest absolute Gasteiger partial charge is 0.329 e. The van der Waals surface area contributed by atoms with E-state index in [-0.39, 0.29) is 23.9 Å². The molecule has 0 atom stereocenters. The van der Waals surface area contributed by atoms with Crippen LogP contribution in [0, 0.1) is 5.41 Å². The van der Waals surface area contributed by atoms with Crippen molar-refractivity contribution in [3.8, 4) is 0 Å². The molecule has 4 heteroatoms. The number of nitrogens with one attached hydrogen (secondary N) is 1. The predicted octanol–water partition coefficient (Wildman–Crippen LogP) is 1.57. The fraction of sp³-hybridized carbons (Fsp3) is 0.333. The number of rotatable bonds is 1. The Morgan fingerprint density at radius 1 is 1.31 bits per heavy atom. The number of imide groups is 1. The molecule has 1 saturated heterocycles. The van der Waals surface area contributed by atoms with Gasteiger partial charge in [0.25, 0.3) is 0 Å². The number of carbonyl (C=O) groups excluding carboxylic acids is 2. The van der Waals surface area contributed by atoms with E-state index in [0.29, 0.717) is 0 Å². The van der Waals surface area contributed by atoms with E-state index in [9.17, 15) is 9.59 Å². The highest BCUT2D eigenvalue weighted by Gasteiger charge is 2.29. The van der Waals surface area contributed by atoms with Crippen LogP contribution in [0.3, 0.4) is 0 Å². The summed E-state index contributed by atoms with van der Waals surface area (Å²) in [6.07, 6.45) is 9.68. The van der Waals surface area contributed by atoms with Crippen LogP contribution < -0.4 is 5.32 Å². The summed E-state index contributed by atoms with van der Waals surface area (Å²) in [4.78, 5) is 24.1. The summed E-state index contributed by atoms with van der Waals surface area (Å²) in [6.45, 7) is 4.20. The zero-order chi connectivity index (χ0) is 11.8. The minimum Gasteiger partial charge on any atom is -0.285 e. The molecule has 16 heavy (non-hydrogen) atoms. The average molecular weight is 218 g/mol. The van der Waals surface area contributed by atoms with E-state index >= 15 is 0 Å². The lowest BCUT2D eigenvalue weighted by molar-refractivity contribution is -0.118. The van der Waals surface area contributed by atoms with Crippen LogP contribution in [0.5, 0.6) is 0 Å². The van der Waals surface area contributed by atoms with Gasteiger partial charge in [0.2, 0.25) is 5.91 Å². The van der Waals surface area contributed by atoms with Crippen molar-refractivity contribution in [1.82, 2.24) is 10.2 Å². The molecule has 2 rings (SSSR count). The number of amides is 3. The van der Waals surface area contributed by atoms with Crippen molar-refractivity contribution in [3.63, 3.8) is 0 Å². The molecule has 0 bridgehead atoms. The highest BCUT2D eigenvalue weighted by Crippen LogP contribution is 2.26. The van der Waals surface area contributed by atoms with E-state index < -0.39 is 0 Å². The number of hydrogen-bond donors (Lipinski definition) is 1. The first-order valence-electron chi connectivity index (χ1n) is 5.18. The standard InChI is InChI=1S/C12H14N2O2/c1-12(2)6-4-3-5-9(7-12)14-8-10(15)13-11(14)16/h3-7H,8H2,1-2H3,(H,13,15,16). The first-order chi connectivity index (χ1) is 7.48. The van der Waals surface area contributed by atoms with Crippen molar-refractivity contribution in [2.24, 2.45) is 5.41 Å². The van der Waals surface area contributed by atoms with Gasteiger partial charge in [0.05, 0.1) is 0 Å². The van der Waals surface area contributed by atoms with Crippen molar-refractivity contribution >= 4 is 11.9 Å². The van der Waals surface area contributed by atoms with Crippen molar-refractivity contribution in [2.75, 3.05) is 6.54 Å². The Morgan fingerprint density at radius 3 is 2.69 bits per heavy atom. The van der Waals surface area contributed by atoms with E-state index in [1.807, 2.05) is 44.2 Å². The molecule has 0 unspecified atom stereocenters. The zero-order valence-corrected chi connectivity index (χ0v) is 9.36. The Bertz CT molecular complexity index is 430. The van der Waals surface area contributed by atoms with Crippen LogP contribution in [0.4, 0.5) is 4.79 Å². The maximum absolute atomic E-state index is 11.5. The molecule has 2 aliphatic rings. The summed E-state index contributed by atoms with van der Waals surface area (Å²) in [7, 11) is 0. The van der Waals surface area contributed by atoms with E-state index in [1.165, 1.54) is 4.90 Å². The van der Waals surface area contributed by atoms with Gasteiger partial charge in [0, 0.05) is 11.1 Å². The Morgan fingerprint density at radius 2 is 2.06 bits per heavy atom. The monoisotopic (exact) mass is 218 g/mol. The molecule has 0 spiro atoms. The molecule has 1 fully saturated rings. The first-order valence-corrected chi connectivity index (χ1v) is 5.18. The summed E-state index contributed by atoms with van der Waals surface area (Å²) >= 11 is 0. The van der Waals surface area contributed by atoms with Gasteiger partial charge in [-0.1, -0.05) is 38.2 Å². The third kappa shape index (κ3) is 2.05. The van der Waals surface area contributed by atoms with Crippen LogP contribution in [0.15, 0.2) is 36.1 Å². The molecular weight excluding hydrogens is 204 g/mol. The van der Waals surface area contributed by atoms with Crippen LogP contribution in [0.2, 0.25) is 0 Å². The van der Waals surface area contributed by atoms with E-state index in [1.54, 1.807) is 0 Å². The Kier molecular flexibility index (Phi) is 2.42. The molecule has 4 nitrogen and oxygen atoms in total. The average Bonchev–Trinajstić information content (AvgIpc) is 2.40. The zero-order valence-electron chi connectivity index (χ0n) is 9.36. The summed E-state index contributed by atoms with van der Waals surface area (Å²) < 4.78 is 0. The van der Waals surface area contributed by atoms with Gasteiger partial charge in [0.15, 0.2) is 0 Å². The topological polar surface area (TPSA) is 49.4 Å².